The minimum Gasteiger partial charge on any atom is -0.487 e. The van der Waals surface area contributed by atoms with Gasteiger partial charge in [-0.05, 0) is 57.7 Å². The number of nitrogens with zero attached hydrogens (tertiary/aromatic N) is 1. The van der Waals surface area contributed by atoms with Crippen LogP contribution in [0.4, 0.5) is 10.5 Å². The van der Waals surface area contributed by atoms with Gasteiger partial charge in [0.1, 0.15) is 17.4 Å². The van der Waals surface area contributed by atoms with Crippen molar-refractivity contribution in [2.24, 2.45) is 0 Å². The lowest BCUT2D eigenvalue weighted by atomic mass is 9.92. The summed E-state index contributed by atoms with van der Waals surface area (Å²) in [5, 5.41) is 5.48. The van der Waals surface area contributed by atoms with E-state index < -0.39 is 17.7 Å². The number of Topliss-reactive ketones (excluding diaryl/α,β-unsaturated/α-hetero) is 1. The highest BCUT2D eigenvalue weighted by Gasteiger charge is 2.38. The number of anilines is 1. The van der Waals surface area contributed by atoms with Gasteiger partial charge in [-0.25, -0.2) is 4.79 Å². The van der Waals surface area contributed by atoms with Crippen molar-refractivity contribution < 1.29 is 19.1 Å². The number of carbonyl (C=O) groups is 3. The average molecular weight is 371 g/mol. The Hall–Kier alpha value is -2.57. The van der Waals surface area contributed by atoms with Gasteiger partial charge in [0, 0.05) is 18.3 Å². The van der Waals surface area contributed by atoms with Crippen LogP contribution in [-0.4, -0.2) is 46.9 Å². The third kappa shape index (κ3) is 3.50. The molecule has 2 N–H and O–H groups in total. The molecule has 1 aliphatic carbocycles. The van der Waals surface area contributed by atoms with Gasteiger partial charge in [-0.2, -0.15) is 0 Å². The molecule has 7 nitrogen and oxygen atoms in total. The number of urea groups is 1. The highest BCUT2D eigenvalue weighted by Crippen LogP contribution is 2.34. The number of hydrogen-bond acceptors (Lipinski definition) is 4. The van der Waals surface area contributed by atoms with Gasteiger partial charge in [0.2, 0.25) is 5.91 Å². The molecule has 3 aliphatic rings. The molecule has 2 fully saturated rings. The summed E-state index contributed by atoms with van der Waals surface area (Å²) >= 11 is 0. The Morgan fingerprint density at radius 3 is 2.70 bits per heavy atom. The van der Waals surface area contributed by atoms with Crippen molar-refractivity contribution in [1.29, 1.82) is 0 Å². The Morgan fingerprint density at radius 2 is 2.00 bits per heavy atom. The van der Waals surface area contributed by atoms with Gasteiger partial charge in [-0.1, -0.05) is 0 Å². The average Bonchev–Trinajstić information content (AvgIpc) is 2.87. The minimum absolute atomic E-state index is 0.00565. The number of rotatable bonds is 3. The van der Waals surface area contributed by atoms with E-state index in [9.17, 15) is 14.4 Å². The van der Waals surface area contributed by atoms with Crippen LogP contribution in [0.25, 0.3) is 0 Å². The largest absolute Gasteiger partial charge is 0.487 e. The maximum atomic E-state index is 12.4. The lowest BCUT2D eigenvalue weighted by Crippen LogP contribution is -2.47. The van der Waals surface area contributed by atoms with Gasteiger partial charge in [0.25, 0.3) is 0 Å². The van der Waals surface area contributed by atoms with E-state index in [0.717, 1.165) is 12.8 Å². The molecule has 1 aromatic rings. The van der Waals surface area contributed by atoms with E-state index in [1.165, 1.54) is 6.42 Å². The molecular weight excluding hydrogens is 346 g/mol. The Balaban J connectivity index is 1.38. The van der Waals surface area contributed by atoms with E-state index in [2.05, 4.69) is 10.6 Å². The summed E-state index contributed by atoms with van der Waals surface area (Å²) in [6.45, 7) is 4.45. The molecular formula is C20H25N3O4. The summed E-state index contributed by atoms with van der Waals surface area (Å²) in [6, 6.07) is 4.46. The third-order valence-electron chi connectivity index (χ3n) is 5.57. The Labute approximate surface area is 158 Å². The second-order valence-electron chi connectivity index (χ2n) is 8.23. The van der Waals surface area contributed by atoms with Crippen LogP contribution in [0.3, 0.4) is 0 Å². The second kappa shape index (κ2) is 6.55. The van der Waals surface area contributed by atoms with E-state index in [0.29, 0.717) is 42.4 Å². The molecule has 1 saturated carbocycles. The van der Waals surface area contributed by atoms with Gasteiger partial charge in [0.15, 0.2) is 5.78 Å². The van der Waals surface area contributed by atoms with Crippen LogP contribution in [-0.2, 0) is 4.79 Å². The zero-order chi connectivity index (χ0) is 19.2. The number of nitrogens with one attached hydrogen (secondary N) is 2. The number of amides is 3. The zero-order valence-electron chi connectivity index (χ0n) is 15.7. The molecule has 1 atom stereocenters. The Bertz CT molecular complexity index is 800. The fourth-order valence-corrected chi connectivity index (χ4v) is 3.95. The predicted molar refractivity (Wildman–Crippen MR) is 100 cm³/mol. The van der Waals surface area contributed by atoms with E-state index in [-0.39, 0.29) is 11.7 Å². The van der Waals surface area contributed by atoms with Crippen LogP contribution in [0, 0.1) is 0 Å². The standard InChI is InChI=1S/C20H25N3O4/c1-20(2)11-16(24)14-10-12(6-7-17(14)27-20)21-19(26)22-15-8-9-23(18(15)25)13-4-3-5-13/h6-7,10,13,15H,3-5,8-9,11H2,1-2H3,(H2,21,22,26). The van der Waals surface area contributed by atoms with Crippen LogP contribution >= 0.6 is 0 Å². The van der Waals surface area contributed by atoms with Crippen molar-refractivity contribution in [3.05, 3.63) is 23.8 Å². The number of ether oxygens (including phenoxy) is 1. The Kier molecular flexibility index (Phi) is 4.32. The first kappa shape index (κ1) is 17.8. The van der Waals surface area contributed by atoms with Crippen LogP contribution in [0.15, 0.2) is 18.2 Å². The monoisotopic (exact) mass is 371 g/mol. The molecule has 27 heavy (non-hydrogen) atoms. The first-order chi connectivity index (χ1) is 12.8. The topological polar surface area (TPSA) is 87.7 Å². The first-order valence-corrected chi connectivity index (χ1v) is 9.57. The molecule has 1 aromatic carbocycles. The molecule has 2 aliphatic heterocycles. The van der Waals surface area contributed by atoms with Crippen LogP contribution in [0.5, 0.6) is 5.75 Å². The Morgan fingerprint density at radius 1 is 1.22 bits per heavy atom. The predicted octanol–water partition coefficient (Wildman–Crippen LogP) is 2.71. The molecule has 1 unspecified atom stereocenters. The maximum absolute atomic E-state index is 12.4. The van der Waals surface area contributed by atoms with Crippen molar-refractivity contribution in [3.63, 3.8) is 0 Å². The molecule has 0 spiro atoms. The lowest BCUT2D eigenvalue weighted by Gasteiger charge is -2.34. The second-order valence-corrected chi connectivity index (χ2v) is 8.23. The fraction of sp³-hybridized carbons (Fsp3) is 0.550. The number of benzene rings is 1. The normalized spacial score (nSPS) is 24.1. The van der Waals surface area contributed by atoms with Gasteiger partial charge in [0.05, 0.1) is 12.0 Å². The number of carbonyl (C=O) groups excluding carboxylic acids is 3. The van der Waals surface area contributed by atoms with Crippen LogP contribution in [0.2, 0.25) is 0 Å². The summed E-state index contributed by atoms with van der Waals surface area (Å²) in [4.78, 5) is 39.0. The summed E-state index contributed by atoms with van der Waals surface area (Å²) in [7, 11) is 0. The van der Waals surface area contributed by atoms with Gasteiger partial charge in [-0.3, -0.25) is 9.59 Å². The molecule has 7 heteroatoms. The molecule has 144 valence electrons. The van der Waals surface area contributed by atoms with Gasteiger partial charge >= 0.3 is 6.03 Å². The number of ketones is 1. The van der Waals surface area contributed by atoms with Crippen molar-refractivity contribution in [1.82, 2.24) is 10.2 Å². The van der Waals surface area contributed by atoms with Gasteiger partial charge < -0.3 is 20.3 Å². The van der Waals surface area contributed by atoms with Crippen LogP contribution < -0.4 is 15.4 Å². The molecule has 2 heterocycles. The summed E-state index contributed by atoms with van der Waals surface area (Å²) < 4.78 is 5.82. The van der Waals surface area contributed by atoms with E-state index in [1.807, 2.05) is 18.7 Å². The van der Waals surface area contributed by atoms with E-state index >= 15 is 0 Å². The maximum Gasteiger partial charge on any atom is 0.319 e. The van der Waals surface area contributed by atoms with Crippen molar-refractivity contribution >= 4 is 23.4 Å². The fourth-order valence-electron chi connectivity index (χ4n) is 3.95. The minimum atomic E-state index is -0.522. The molecule has 4 rings (SSSR count). The van der Waals surface area contributed by atoms with Crippen molar-refractivity contribution in [3.8, 4) is 5.75 Å². The quantitative estimate of drug-likeness (QED) is 0.855. The summed E-state index contributed by atoms with van der Waals surface area (Å²) in [5.74, 6) is 0.530. The molecule has 0 radical (unpaired) electrons. The SMILES string of the molecule is CC1(C)CC(=O)c2cc(NC(=O)NC3CCN(C4CCC4)C3=O)ccc2O1. The van der Waals surface area contributed by atoms with Gasteiger partial charge in [-0.15, -0.1) is 0 Å². The summed E-state index contributed by atoms with van der Waals surface area (Å²) in [6.07, 6.45) is 4.22. The van der Waals surface area contributed by atoms with Crippen molar-refractivity contribution in [2.45, 2.75) is 63.6 Å². The van der Waals surface area contributed by atoms with E-state index in [4.69, 9.17) is 4.74 Å². The third-order valence-corrected chi connectivity index (χ3v) is 5.57. The zero-order valence-corrected chi connectivity index (χ0v) is 15.7. The molecule has 1 saturated heterocycles. The summed E-state index contributed by atoms with van der Waals surface area (Å²) in [5.41, 5.74) is 0.454. The number of fused-ring (bicyclic) bond motifs is 1. The van der Waals surface area contributed by atoms with Crippen LogP contribution in [0.1, 0.15) is 56.3 Å². The van der Waals surface area contributed by atoms with Crippen molar-refractivity contribution in [2.75, 3.05) is 11.9 Å². The molecule has 0 bridgehead atoms. The smallest absolute Gasteiger partial charge is 0.319 e. The molecule has 0 aromatic heterocycles. The number of hydrogen-bond donors (Lipinski definition) is 2. The highest BCUT2D eigenvalue weighted by molar-refractivity contribution is 6.02. The molecule has 3 amide bonds. The number of likely N-dealkylation sites (tertiary alicyclic amines) is 1. The highest BCUT2D eigenvalue weighted by atomic mass is 16.5. The van der Waals surface area contributed by atoms with E-state index in [1.54, 1.807) is 18.2 Å². The lowest BCUT2D eigenvalue weighted by molar-refractivity contribution is -0.132. The first-order valence-electron chi connectivity index (χ1n) is 9.57.